The van der Waals surface area contributed by atoms with E-state index in [1.807, 2.05) is 18.2 Å². The largest absolute Gasteiger partial charge is 0.384 e. The Hall–Kier alpha value is -1.22. The summed E-state index contributed by atoms with van der Waals surface area (Å²) in [5, 5.41) is 8.15. The van der Waals surface area contributed by atoms with E-state index in [1.165, 1.54) is 25.7 Å². The van der Waals surface area contributed by atoms with E-state index in [0.717, 1.165) is 23.2 Å². The van der Waals surface area contributed by atoms with Gasteiger partial charge in [0.15, 0.2) is 0 Å². The molecule has 96 valence electrons. The predicted octanol–water partition coefficient (Wildman–Crippen LogP) is 3.00. The van der Waals surface area contributed by atoms with E-state index < -0.39 is 0 Å². The van der Waals surface area contributed by atoms with Gasteiger partial charge < -0.3 is 10.6 Å². The highest BCUT2D eigenvalue weighted by atomic mass is 35.5. The molecule has 3 nitrogen and oxygen atoms in total. The predicted molar refractivity (Wildman–Crippen MR) is 75.6 cm³/mol. The summed E-state index contributed by atoms with van der Waals surface area (Å²) in [6, 6.07) is 6.39. The van der Waals surface area contributed by atoms with Gasteiger partial charge in [-0.2, -0.15) is 0 Å². The van der Waals surface area contributed by atoms with Crippen LogP contribution in [0.5, 0.6) is 0 Å². The van der Waals surface area contributed by atoms with Gasteiger partial charge in [0.05, 0.1) is 10.7 Å². The second-order valence-electron chi connectivity index (χ2n) is 5.41. The van der Waals surface area contributed by atoms with Crippen LogP contribution in [-0.4, -0.2) is 18.4 Å². The fourth-order valence-corrected chi connectivity index (χ4v) is 2.61. The molecule has 2 aliphatic rings. The summed E-state index contributed by atoms with van der Waals surface area (Å²) in [7, 11) is 0. The topological polar surface area (TPSA) is 53.1 Å². The zero-order chi connectivity index (χ0) is 12.7. The normalized spacial score (nSPS) is 18.7. The number of amidine groups is 1. The van der Waals surface area contributed by atoms with Crippen LogP contribution in [0.1, 0.15) is 31.2 Å². The van der Waals surface area contributed by atoms with Crippen molar-refractivity contribution in [2.75, 3.05) is 11.4 Å². The highest BCUT2D eigenvalue weighted by Gasteiger charge is 2.34. The van der Waals surface area contributed by atoms with Crippen LogP contribution in [-0.2, 0) is 0 Å². The smallest absolute Gasteiger partial charge is 0.122 e. The fourth-order valence-electron chi connectivity index (χ4n) is 2.32. The Morgan fingerprint density at radius 1 is 1.33 bits per heavy atom. The van der Waals surface area contributed by atoms with Crippen molar-refractivity contribution in [2.45, 2.75) is 31.7 Å². The summed E-state index contributed by atoms with van der Waals surface area (Å²) in [6.07, 6.45) is 5.26. The van der Waals surface area contributed by atoms with Gasteiger partial charge in [-0.15, -0.1) is 0 Å². The van der Waals surface area contributed by atoms with Crippen LogP contribution in [0, 0.1) is 11.3 Å². The summed E-state index contributed by atoms with van der Waals surface area (Å²) in [6.45, 7) is 1.13. The van der Waals surface area contributed by atoms with Crippen molar-refractivity contribution in [1.82, 2.24) is 0 Å². The van der Waals surface area contributed by atoms with Gasteiger partial charge in [0.1, 0.15) is 5.84 Å². The number of anilines is 1. The number of benzene rings is 1. The van der Waals surface area contributed by atoms with Gasteiger partial charge in [-0.1, -0.05) is 11.6 Å². The summed E-state index contributed by atoms with van der Waals surface area (Å²) >= 11 is 6.35. The number of halogens is 1. The number of hydrogen-bond donors (Lipinski definition) is 2. The van der Waals surface area contributed by atoms with Gasteiger partial charge in [-0.3, -0.25) is 5.41 Å². The van der Waals surface area contributed by atoms with E-state index in [0.29, 0.717) is 11.6 Å². The van der Waals surface area contributed by atoms with Crippen molar-refractivity contribution in [1.29, 1.82) is 5.41 Å². The van der Waals surface area contributed by atoms with E-state index in [9.17, 15) is 0 Å². The molecule has 3 rings (SSSR count). The Labute approximate surface area is 112 Å². The molecular formula is C14H18ClN3. The zero-order valence-corrected chi connectivity index (χ0v) is 11.1. The number of nitrogens with two attached hydrogens (primary N) is 1. The van der Waals surface area contributed by atoms with E-state index in [4.69, 9.17) is 22.7 Å². The molecule has 0 bridgehead atoms. The van der Waals surface area contributed by atoms with Gasteiger partial charge in [0, 0.05) is 18.2 Å². The Morgan fingerprint density at radius 2 is 2.06 bits per heavy atom. The SMILES string of the molecule is N=C(N)c1ccc(N(CC2CC2)C2CC2)c(Cl)c1. The van der Waals surface area contributed by atoms with Gasteiger partial charge in [-0.05, 0) is 49.8 Å². The van der Waals surface area contributed by atoms with Gasteiger partial charge in [0.2, 0.25) is 0 Å². The van der Waals surface area contributed by atoms with E-state index >= 15 is 0 Å². The lowest BCUT2D eigenvalue weighted by molar-refractivity contribution is 0.719. The molecule has 0 spiro atoms. The summed E-state index contributed by atoms with van der Waals surface area (Å²) < 4.78 is 0. The summed E-state index contributed by atoms with van der Waals surface area (Å²) in [5.41, 5.74) is 7.29. The second kappa shape index (κ2) is 4.47. The van der Waals surface area contributed by atoms with Crippen LogP contribution in [0.3, 0.4) is 0 Å². The molecular weight excluding hydrogens is 246 g/mol. The quantitative estimate of drug-likeness (QED) is 0.634. The molecule has 1 aromatic carbocycles. The third-order valence-corrected chi connectivity index (χ3v) is 4.01. The Morgan fingerprint density at radius 3 is 2.56 bits per heavy atom. The minimum absolute atomic E-state index is 0.0728. The van der Waals surface area contributed by atoms with E-state index in [-0.39, 0.29) is 5.84 Å². The Balaban J connectivity index is 1.86. The standard InChI is InChI=1S/C14H18ClN3/c15-12-7-10(14(16)17)3-6-13(12)18(11-4-5-11)8-9-1-2-9/h3,6-7,9,11H,1-2,4-5,8H2,(H3,16,17). The first-order valence-corrected chi connectivity index (χ1v) is 6.93. The molecule has 0 saturated heterocycles. The number of nitrogen functional groups attached to an aromatic ring is 1. The minimum atomic E-state index is 0.0728. The highest BCUT2D eigenvalue weighted by molar-refractivity contribution is 6.33. The third-order valence-electron chi connectivity index (χ3n) is 3.71. The van der Waals surface area contributed by atoms with Crippen LogP contribution in [0.2, 0.25) is 5.02 Å². The molecule has 0 aliphatic heterocycles. The number of nitrogens with one attached hydrogen (secondary N) is 1. The average Bonchev–Trinajstić information content (AvgIpc) is 3.19. The first kappa shape index (κ1) is 11.8. The van der Waals surface area contributed by atoms with Crippen LogP contribution in [0.4, 0.5) is 5.69 Å². The maximum Gasteiger partial charge on any atom is 0.122 e. The first-order valence-electron chi connectivity index (χ1n) is 6.55. The van der Waals surface area contributed by atoms with Crippen molar-refractivity contribution in [2.24, 2.45) is 11.7 Å². The highest BCUT2D eigenvalue weighted by Crippen LogP contribution is 2.40. The van der Waals surface area contributed by atoms with Crippen LogP contribution in [0.15, 0.2) is 18.2 Å². The molecule has 3 N–H and O–H groups in total. The molecule has 4 heteroatoms. The number of rotatable bonds is 5. The Kier molecular flexibility index (Phi) is 2.94. The van der Waals surface area contributed by atoms with E-state index in [2.05, 4.69) is 4.90 Å². The van der Waals surface area contributed by atoms with Crippen LogP contribution >= 0.6 is 11.6 Å². The monoisotopic (exact) mass is 263 g/mol. The lowest BCUT2D eigenvalue weighted by Crippen LogP contribution is -2.28. The van der Waals surface area contributed by atoms with Crippen molar-refractivity contribution >= 4 is 23.1 Å². The fraction of sp³-hybridized carbons (Fsp3) is 0.500. The molecule has 0 amide bonds. The molecule has 0 atom stereocenters. The van der Waals surface area contributed by atoms with Crippen LogP contribution < -0.4 is 10.6 Å². The molecule has 0 radical (unpaired) electrons. The molecule has 1 aromatic rings. The maximum absolute atomic E-state index is 7.44. The third kappa shape index (κ3) is 2.46. The molecule has 18 heavy (non-hydrogen) atoms. The molecule has 2 aliphatic carbocycles. The van der Waals surface area contributed by atoms with Crippen molar-refractivity contribution in [3.8, 4) is 0 Å². The molecule has 2 fully saturated rings. The maximum atomic E-state index is 7.44. The van der Waals surface area contributed by atoms with Crippen LogP contribution in [0.25, 0.3) is 0 Å². The molecule has 0 unspecified atom stereocenters. The lowest BCUT2D eigenvalue weighted by Gasteiger charge is -2.26. The van der Waals surface area contributed by atoms with E-state index in [1.54, 1.807) is 0 Å². The lowest BCUT2D eigenvalue weighted by atomic mass is 10.1. The minimum Gasteiger partial charge on any atom is -0.384 e. The summed E-state index contributed by atoms with van der Waals surface area (Å²) in [4.78, 5) is 2.45. The first-order chi connectivity index (χ1) is 8.65. The molecule has 2 saturated carbocycles. The van der Waals surface area contributed by atoms with Gasteiger partial charge in [0.25, 0.3) is 0 Å². The second-order valence-corrected chi connectivity index (χ2v) is 5.81. The Bertz CT molecular complexity index is 478. The summed E-state index contributed by atoms with van der Waals surface area (Å²) in [5.74, 6) is 0.928. The van der Waals surface area contributed by atoms with Gasteiger partial charge >= 0.3 is 0 Å². The number of hydrogen-bond acceptors (Lipinski definition) is 2. The van der Waals surface area contributed by atoms with Crippen molar-refractivity contribution in [3.05, 3.63) is 28.8 Å². The van der Waals surface area contributed by atoms with Gasteiger partial charge in [-0.25, -0.2) is 0 Å². The van der Waals surface area contributed by atoms with Crippen molar-refractivity contribution in [3.63, 3.8) is 0 Å². The van der Waals surface area contributed by atoms with Crippen molar-refractivity contribution < 1.29 is 0 Å². The average molecular weight is 264 g/mol. The molecule has 0 heterocycles. The molecule has 0 aromatic heterocycles. The number of nitrogens with zero attached hydrogens (tertiary/aromatic N) is 1. The zero-order valence-electron chi connectivity index (χ0n) is 10.3.